The number of pyridine rings is 1. The molecule has 0 bridgehead atoms. The van der Waals surface area contributed by atoms with E-state index in [9.17, 15) is 4.79 Å². The summed E-state index contributed by atoms with van der Waals surface area (Å²) in [5, 5.41) is 0.613. The Labute approximate surface area is 163 Å². The monoisotopic (exact) mass is 370 g/mol. The summed E-state index contributed by atoms with van der Waals surface area (Å²) in [7, 11) is 3.92. The number of aromatic nitrogens is 3. The van der Waals surface area contributed by atoms with Gasteiger partial charge in [-0.05, 0) is 42.3 Å². The standard InChI is InChI=1S/C23H22N4O/c1-16-25-21-12-11-19(26(2)3)14-20(21)23(28)27(16)22(17-8-5-4-6-9-17)18-10-7-13-24-15-18/h4-15,22H,1-3H3. The number of anilines is 1. The van der Waals surface area contributed by atoms with Crippen molar-refractivity contribution in [1.82, 2.24) is 14.5 Å². The lowest BCUT2D eigenvalue weighted by Crippen LogP contribution is -2.29. The second-order valence-electron chi connectivity index (χ2n) is 7.03. The molecule has 2 heterocycles. The van der Waals surface area contributed by atoms with Crippen molar-refractivity contribution in [2.75, 3.05) is 19.0 Å². The molecule has 5 nitrogen and oxygen atoms in total. The minimum Gasteiger partial charge on any atom is -0.378 e. The van der Waals surface area contributed by atoms with Gasteiger partial charge in [-0.15, -0.1) is 0 Å². The third-order valence-electron chi connectivity index (χ3n) is 4.95. The second kappa shape index (κ2) is 7.27. The molecular weight excluding hydrogens is 348 g/mol. The molecule has 0 N–H and O–H groups in total. The fourth-order valence-corrected chi connectivity index (χ4v) is 3.54. The fourth-order valence-electron chi connectivity index (χ4n) is 3.54. The van der Waals surface area contributed by atoms with Crippen molar-refractivity contribution in [2.24, 2.45) is 0 Å². The molecule has 0 amide bonds. The van der Waals surface area contributed by atoms with E-state index in [-0.39, 0.29) is 11.6 Å². The lowest BCUT2D eigenvalue weighted by Gasteiger charge is -2.23. The van der Waals surface area contributed by atoms with Crippen molar-refractivity contribution in [3.8, 4) is 0 Å². The zero-order chi connectivity index (χ0) is 19.7. The van der Waals surface area contributed by atoms with Gasteiger partial charge in [-0.2, -0.15) is 0 Å². The molecule has 0 fully saturated rings. The predicted octanol–water partition coefficient (Wildman–Crippen LogP) is 3.80. The van der Waals surface area contributed by atoms with E-state index in [4.69, 9.17) is 4.98 Å². The van der Waals surface area contributed by atoms with Crippen LogP contribution in [-0.4, -0.2) is 28.6 Å². The highest BCUT2D eigenvalue weighted by Gasteiger charge is 2.21. The van der Waals surface area contributed by atoms with Crippen LogP contribution in [0.3, 0.4) is 0 Å². The minimum atomic E-state index is -0.290. The second-order valence-corrected chi connectivity index (χ2v) is 7.03. The van der Waals surface area contributed by atoms with Gasteiger partial charge >= 0.3 is 0 Å². The molecular formula is C23H22N4O. The number of fused-ring (bicyclic) bond motifs is 1. The highest BCUT2D eigenvalue weighted by Crippen LogP contribution is 2.27. The number of hydrogen-bond donors (Lipinski definition) is 0. The van der Waals surface area contributed by atoms with Crippen molar-refractivity contribution in [1.29, 1.82) is 0 Å². The summed E-state index contributed by atoms with van der Waals surface area (Å²) in [6.45, 7) is 1.88. The summed E-state index contributed by atoms with van der Waals surface area (Å²) >= 11 is 0. The van der Waals surface area contributed by atoms with Crippen molar-refractivity contribution >= 4 is 16.6 Å². The molecule has 0 saturated carbocycles. The first kappa shape index (κ1) is 17.9. The molecule has 0 aliphatic heterocycles. The van der Waals surface area contributed by atoms with E-state index >= 15 is 0 Å². The third kappa shape index (κ3) is 3.16. The maximum absolute atomic E-state index is 13.6. The van der Waals surface area contributed by atoms with Crippen LogP contribution < -0.4 is 10.5 Å². The van der Waals surface area contributed by atoms with Crippen LogP contribution in [0.1, 0.15) is 23.0 Å². The molecule has 5 heteroatoms. The summed E-state index contributed by atoms with van der Waals surface area (Å²) in [5.41, 5.74) is 3.60. The van der Waals surface area contributed by atoms with Gasteiger partial charge in [0.2, 0.25) is 0 Å². The molecule has 2 aromatic heterocycles. The van der Waals surface area contributed by atoms with Crippen LogP contribution in [0.2, 0.25) is 0 Å². The van der Waals surface area contributed by atoms with Crippen LogP contribution in [0.5, 0.6) is 0 Å². The molecule has 0 spiro atoms. The average Bonchev–Trinajstić information content (AvgIpc) is 2.72. The summed E-state index contributed by atoms with van der Waals surface area (Å²) in [6, 6.07) is 19.4. The van der Waals surface area contributed by atoms with Crippen LogP contribution in [0.4, 0.5) is 5.69 Å². The van der Waals surface area contributed by atoms with Gasteiger partial charge in [0.15, 0.2) is 0 Å². The summed E-state index contributed by atoms with van der Waals surface area (Å²) in [4.78, 5) is 24.6. The van der Waals surface area contributed by atoms with Gasteiger partial charge in [0.1, 0.15) is 5.82 Å². The van der Waals surface area contributed by atoms with Crippen LogP contribution in [-0.2, 0) is 0 Å². The van der Waals surface area contributed by atoms with Crippen LogP contribution in [0.15, 0.2) is 77.9 Å². The van der Waals surface area contributed by atoms with Gasteiger partial charge in [-0.1, -0.05) is 36.4 Å². The Bertz CT molecular complexity index is 1130. The summed E-state index contributed by atoms with van der Waals surface area (Å²) < 4.78 is 1.77. The lowest BCUT2D eigenvalue weighted by molar-refractivity contribution is 0.618. The van der Waals surface area contributed by atoms with Gasteiger partial charge in [-0.3, -0.25) is 14.3 Å². The first-order valence-corrected chi connectivity index (χ1v) is 9.21. The van der Waals surface area contributed by atoms with E-state index in [0.717, 1.165) is 16.8 Å². The van der Waals surface area contributed by atoms with E-state index in [2.05, 4.69) is 4.98 Å². The molecule has 1 atom stereocenters. The van der Waals surface area contributed by atoms with Crippen molar-refractivity contribution in [2.45, 2.75) is 13.0 Å². The van der Waals surface area contributed by atoms with E-state index in [0.29, 0.717) is 16.7 Å². The Morgan fingerprint density at radius 3 is 2.39 bits per heavy atom. The molecule has 28 heavy (non-hydrogen) atoms. The number of hydrogen-bond acceptors (Lipinski definition) is 4. The van der Waals surface area contributed by atoms with Crippen LogP contribution >= 0.6 is 0 Å². The number of benzene rings is 2. The van der Waals surface area contributed by atoms with E-state index in [1.807, 2.05) is 92.8 Å². The zero-order valence-electron chi connectivity index (χ0n) is 16.2. The Balaban J connectivity index is 2.02. The molecule has 4 aromatic rings. The number of rotatable bonds is 4. The summed E-state index contributed by atoms with van der Waals surface area (Å²) in [5.74, 6) is 0.674. The smallest absolute Gasteiger partial charge is 0.262 e. The van der Waals surface area contributed by atoms with Gasteiger partial charge in [0, 0.05) is 32.2 Å². The van der Waals surface area contributed by atoms with Gasteiger partial charge in [0.25, 0.3) is 5.56 Å². The van der Waals surface area contributed by atoms with Gasteiger partial charge in [0.05, 0.1) is 16.9 Å². The largest absolute Gasteiger partial charge is 0.378 e. The molecule has 1 unspecified atom stereocenters. The van der Waals surface area contributed by atoms with E-state index < -0.39 is 0 Å². The molecule has 0 saturated heterocycles. The van der Waals surface area contributed by atoms with Crippen LogP contribution in [0.25, 0.3) is 10.9 Å². The highest BCUT2D eigenvalue weighted by atomic mass is 16.1. The normalized spacial score (nSPS) is 12.1. The Morgan fingerprint density at radius 1 is 0.964 bits per heavy atom. The van der Waals surface area contributed by atoms with Crippen molar-refractivity contribution in [3.63, 3.8) is 0 Å². The Kier molecular flexibility index (Phi) is 4.65. The maximum Gasteiger partial charge on any atom is 0.262 e. The minimum absolute atomic E-state index is 0.0519. The first-order valence-electron chi connectivity index (χ1n) is 9.21. The van der Waals surface area contributed by atoms with Crippen LogP contribution in [0, 0.1) is 6.92 Å². The molecule has 0 aliphatic rings. The average molecular weight is 370 g/mol. The molecule has 2 aromatic carbocycles. The Morgan fingerprint density at radius 2 is 1.71 bits per heavy atom. The molecule has 4 rings (SSSR count). The third-order valence-corrected chi connectivity index (χ3v) is 4.95. The quantitative estimate of drug-likeness (QED) is 0.548. The van der Waals surface area contributed by atoms with Gasteiger partial charge < -0.3 is 4.90 Å². The fraction of sp³-hybridized carbons (Fsp3) is 0.174. The SMILES string of the molecule is Cc1nc2ccc(N(C)C)cc2c(=O)n1C(c1ccccc1)c1cccnc1. The first-order chi connectivity index (χ1) is 13.6. The topological polar surface area (TPSA) is 51.0 Å². The predicted molar refractivity (Wildman–Crippen MR) is 113 cm³/mol. The Hall–Kier alpha value is -3.47. The highest BCUT2D eigenvalue weighted by molar-refractivity contribution is 5.81. The lowest BCUT2D eigenvalue weighted by atomic mass is 9.99. The van der Waals surface area contributed by atoms with E-state index in [1.54, 1.807) is 10.8 Å². The summed E-state index contributed by atoms with van der Waals surface area (Å²) in [6.07, 6.45) is 3.55. The number of nitrogens with zero attached hydrogens (tertiary/aromatic N) is 4. The van der Waals surface area contributed by atoms with Crippen molar-refractivity contribution < 1.29 is 0 Å². The zero-order valence-corrected chi connectivity index (χ0v) is 16.2. The van der Waals surface area contributed by atoms with E-state index in [1.165, 1.54) is 0 Å². The number of aryl methyl sites for hydroxylation is 1. The molecule has 0 aliphatic carbocycles. The van der Waals surface area contributed by atoms with Crippen molar-refractivity contribution in [3.05, 3.63) is 100 Å². The molecule has 0 radical (unpaired) electrons. The maximum atomic E-state index is 13.6. The van der Waals surface area contributed by atoms with Gasteiger partial charge in [-0.25, -0.2) is 4.98 Å². The molecule has 140 valence electrons.